The molecule has 0 unspecified atom stereocenters. The fraction of sp³-hybridized carbons (Fsp3) is 0.636. The van der Waals surface area contributed by atoms with E-state index in [1.807, 2.05) is 11.3 Å². The molecule has 1 N–H and O–H groups in total. The maximum Gasteiger partial charge on any atom is 0.00682 e. The molecule has 0 bridgehead atoms. The number of thiophene rings is 1. The van der Waals surface area contributed by atoms with Gasteiger partial charge in [0.1, 0.15) is 0 Å². The van der Waals surface area contributed by atoms with Gasteiger partial charge >= 0.3 is 0 Å². The molecule has 0 amide bonds. The van der Waals surface area contributed by atoms with E-state index < -0.39 is 0 Å². The summed E-state index contributed by atoms with van der Waals surface area (Å²) in [5, 5.41) is 5.70. The predicted octanol–water partition coefficient (Wildman–Crippen LogP) is 2.82. The smallest absolute Gasteiger partial charge is 0.00682 e. The van der Waals surface area contributed by atoms with E-state index >= 15 is 0 Å². The van der Waals surface area contributed by atoms with Crippen LogP contribution in [0.4, 0.5) is 0 Å². The van der Waals surface area contributed by atoms with Gasteiger partial charge in [0.15, 0.2) is 0 Å². The van der Waals surface area contributed by atoms with Crippen LogP contribution in [0.2, 0.25) is 0 Å². The van der Waals surface area contributed by atoms with Gasteiger partial charge in [0, 0.05) is 10.9 Å². The summed E-state index contributed by atoms with van der Waals surface area (Å²) in [7, 11) is 0. The zero-order valence-corrected chi connectivity index (χ0v) is 8.78. The van der Waals surface area contributed by atoms with Crippen molar-refractivity contribution >= 4 is 11.3 Å². The Bertz CT molecular complexity index is 226. The van der Waals surface area contributed by atoms with Crippen LogP contribution >= 0.6 is 11.3 Å². The number of nitrogens with one attached hydrogen (secondary N) is 1. The zero-order chi connectivity index (χ0) is 8.93. The summed E-state index contributed by atoms with van der Waals surface area (Å²) in [5.41, 5.74) is 0. The standard InChI is InChI=1S/C11H17NS/c1(2-8-12-10-6-7-10)4-11-5-3-9-13-11/h3,5,9-10,12H,1-2,4,6-8H2. The fourth-order valence-corrected chi connectivity index (χ4v) is 2.22. The van der Waals surface area contributed by atoms with Crippen molar-refractivity contribution in [2.45, 2.75) is 38.1 Å². The van der Waals surface area contributed by atoms with E-state index in [-0.39, 0.29) is 0 Å². The van der Waals surface area contributed by atoms with Crippen LogP contribution in [0.1, 0.15) is 30.6 Å². The molecule has 1 saturated carbocycles. The minimum Gasteiger partial charge on any atom is -0.314 e. The molecule has 1 aliphatic carbocycles. The van der Waals surface area contributed by atoms with Crippen LogP contribution in [-0.4, -0.2) is 12.6 Å². The predicted molar refractivity (Wildman–Crippen MR) is 58.3 cm³/mol. The van der Waals surface area contributed by atoms with Crippen LogP contribution in [0.25, 0.3) is 0 Å². The Balaban J connectivity index is 1.48. The molecule has 1 nitrogen and oxygen atoms in total. The molecule has 1 aromatic rings. The Kier molecular flexibility index (Phi) is 3.39. The highest BCUT2D eigenvalue weighted by molar-refractivity contribution is 7.09. The van der Waals surface area contributed by atoms with E-state index in [0.29, 0.717) is 0 Å². The van der Waals surface area contributed by atoms with Crippen molar-refractivity contribution in [1.82, 2.24) is 5.32 Å². The van der Waals surface area contributed by atoms with Gasteiger partial charge in [-0.25, -0.2) is 0 Å². The molecule has 0 saturated heterocycles. The minimum absolute atomic E-state index is 0.877. The summed E-state index contributed by atoms with van der Waals surface area (Å²) in [6.45, 7) is 1.22. The molecular formula is C11H17NS. The van der Waals surface area contributed by atoms with Crippen molar-refractivity contribution in [3.63, 3.8) is 0 Å². The van der Waals surface area contributed by atoms with Gasteiger partial charge in [0.25, 0.3) is 0 Å². The van der Waals surface area contributed by atoms with Crippen LogP contribution in [0, 0.1) is 0 Å². The quantitative estimate of drug-likeness (QED) is 0.688. The molecule has 2 rings (SSSR count). The molecule has 1 aromatic heterocycles. The summed E-state index contributed by atoms with van der Waals surface area (Å²) in [4.78, 5) is 1.53. The highest BCUT2D eigenvalue weighted by Gasteiger charge is 2.19. The molecule has 0 atom stereocenters. The first-order valence-corrected chi connectivity index (χ1v) is 6.09. The lowest BCUT2D eigenvalue weighted by atomic mass is 10.2. The van der Waals surface area contributed by atoms with E-state index in [1.54, 1.807) is 0 Å². The Morgan fingerprint density at radius 1 is 1.38 bits per heavy atom. The second kappa shape index (κ2) is 4.77. The van der Waals surface area contributed by atoms with Crippen LogP contribution in [0.5, 0.6) is 0 Å². The molecule has 0 aliphatic heterocycles. The lowest BCUT2D eigenvalue weighted by Gasteiger charge is -2.01. The third kappa shape index (κ3) is 3.49. The number of hydrogen-bond acceptors (Lipinski definition) is 2. The number of unbranched alkanes of at least 4 members (excludes halogenated alkanes) is 1. The average molecular weight is 195 g/mol. The second-order valence-electron chi connectivity index (χ2n) is 3.76. The van der Waals surface area contributed by atoms with Crippen molar-refractivity contribution in [2.75, 3.05) is 6.54 Å². The summed E-state index contributed by atoms with van der Waals surface area (Å²) in [6.07, 6.45) is 6.74. The topological polar surface area (TPSA) is 12.0 Å². The van der Waals surface area contributed by atoms with Crippen LogP contribution in [-0.2, 0) is 6.42 Å². The van der Waals surface area contributed by atoms with Crippen molar-refractivity contribution in [3.05, 3.63) is 22.4 Å². The summed E-state index contributed by atoms with van der Waals surface area (Å²) < 4.78 is 0. The van der Waals surface area contributed by atoms with Gasteiger partial charge in [-0.2, -0.15) is 0 Å². The molecule has 2 heteroatoms. The lowest BCUT2D eigenvalue weighted by Crippen LogP contribution is -2.17. The van der Waals surface area contributed by atoms with Crippen molar-refractivity contribution in [1.29, 1.82) is 0 Å². The SMILES string of the molecule is c1csc(CCCCNC2CC2)c1. The van der Waals surface area contributed by atoms with Crippen molar-refractivity contribution in [2.24, 2.45) is 0 Å². The normalized spacial score (nSPS) is 16.3. The largest absolute Gasteiger partial charge is 0.314 e. The zero-order valence-electron chi connectivity index (χ0n) is 7.96. The van der Waals surface area contributed by atoms with E-state index in [4.69, 9.17) is 0 Å². The van der Waals surface area contributed by atoms with Crippen molar-refractivity contribution in [3.8, 4) is 0 Å². The van der Waals surface area contributed by atoms with Crippen LogP contribution in [0.3, 0.4) is 0 Å². The Morgan fingerprint density at radius 2 is 2.31 bits per heavy atom. The molecule has 1 fully saturated rings. The summed E-state index contributed by atoms with van der Waals surface area (Å²) in [5.74, 6) is 0. The third-order valence-electron chi connectivity index (χ3n) is 2.44. The lowest BCUT2D eigenvalue weighted by molar-refractivity contribution is 0.621. The Morgan fingerprint density at radius 3 is 3.00 bits per heavy atom. The number of aryl methyl sites for hydroxylation is 1. The molecule has 0 spiro atoms. The highest BCUT2D eigenvalue weighted by atomic mass is 32.1. The second-order valence-corrected chi connectivity index (χ2v) is 4.80. The summed E-state index contributed by atoms with van der Waals surface area (Å²) >= 11 is 1.88. The monoisotopic (exact) mass is 195 g/mol. The molecule has 0 radical (unpaired) electrons. The highest BCUT2D eigenvalue weighted by Crippen LogP contribution is 2.18. The molecule has 13 heavy (non-hydrogen) atoms. The molecular weight excluding hydrogens is 178 g/mol. The van der Waals surface area contributed by atoms with Gasteiger partial charge in [-0.05, 0) is 50.1 Å². The van der Waals surface area contributed by atoms with E-state index in [0.717, 1.165) is 6.04 Å². The number of hydrogen-bond donors (Lipinski definition) is 1. The van der Waals surface area contributed by atoms with Gasteiger partial charge in [-0.3, -0.25) is 0 Å². The number of rotatable bonds is 6. The molecule has 1 aliphatic rings. The first-order chi connectivity index (χ1) is 6.45. The van der Waals surface area contributed by atoms with Crippen LogP contribution < -0.4 is 5.32 Å². The molecule has 0 aromatic carbocycles. The first kappa shape index (κ1) is 9.22. The Hall–Kier alpha value is -0.340. The molecule has 1 heterocycles. The first-order valence-electron chi connectivity index (χ1n) is 5.21. The van der Waals surface area contributed by atoms with Gasteiger partial charge in [-0.1, -0.05) is 6.07 Å². The van der Waals surface area contributed by atoms with Gasteiger partial charge < -0.3 is 5.32 Å². The Labute approximate surface area is 84.2 Å². The van der Waals surface area contributed by atoms with Gasteiger partial charge in [-0.15, -0.1) is 11.3 Å². The van der Waals surface area contributed by atoms with Gasteiger partial charge in [0.05, 0.1) is 0 Å². The van der Waals surface area contributed by atoms with Crippen LogP contribution in [0.15, 0.2) is 17.5 Å². The minimum atomic E-state index is 0.877. The maximum atomic E-state index is 3.54. The fourth-order valence-electron chi connectivity index (χ4n) is 1.47. The van der Waals surface area contributed by atoms with Crippen molar-refractivity contribution < 1.29 is 0 Å². The van der Waals surface area contributed by atoms with E-state index in [1.165, 1.54) is 43.5 Å². The van der Waals surface area contributed by atoms with E-state index in [9.17, 15) is 0 Å². The maximum absolute atomic E-state index is 3.54. The average Bonchev–Trinajstić information content (AvgIpc) is 2.81. The summed E-state index contributed by atoms with van der Waals surface area (Å²) in [6, 6.07) is 5.25. The molecule has 72 valence electrons. The van der Waals surface area contributed by atoms with Gasteiger partial charge in [0.2, 0.25) is 0 Å². The van der Waals surface area contributed by atoms with E-state index in [2.05, 4.69) is 22.8 Å². The third-order valence-corrected chi connectivity index (χ3v) is 3.38.